The van der Waals surface area contributed by atoms with Crippen molar-refractivity contribution in [3.05, 3.63) is 239 Å². The molecule has 0 amide bonds. The summed E-state index contributed by atoms with van der Waals surface area (Å²) in [6.07, 6.45) is 2.42. The van der Waals surface area contributed by atoms with Gasteiger partial charge in [0.25, 0.3) is 0 Å². The number of oxime groups is 1. The number of benzene rings is 6. The summed E-state index contributed by atoms with van der Waals surface area (Å²) < 4.78 is 0. The minimum atomic E-state index is -1.30. The lowest BCUT2D eigenvalue weighted by Gasteiger charge is -2.36. The predicted octanol–water partition coefficient (Wildman–Crippen LogP) is 10.1. The minimum Gasteiger partial charge on any atom is -0.476 e. The van der Waals surface area contributed by atoms with Crippen molar-refractivity contribution in [1.82, 2.24) is 4.98 Å². The van der Waals surface area contributed by atoms with Crippen LogP contribution in [0.5, 0.6) is 0 Å². The van der Waals surface area contributed by atoms with Crippen LogP contribution in [0.15, 0.2) is 199 Å². The van der Waals surface area contributed by atoms with E-state index in [1.807, 2.05) is 146 Å². The molecule has 7 heteroatoms. The number of aromatic nitrogens is 1. The van der Waals surface area contributed by atoms with Crippen molar-refractivity contribution in [2.24, 2.45) is 5.16 Å². The molecule has 0 bridgehead atoms. The molecule has 0 spiro atoms. The molecule has 7 rings (SSSR count). The SMILES string of the molecule is C=CCc1ccccc1C(ON=C(C(=O)O)c1csc(NC(c2ccccc2)(c2ccccc2)c2ccccc2)n1)(c1ccccc1)c1ccccc1. The summed E-state index contributed by atoms with van der Waals surface area (Å²) in [5.41, 5.74) is 4.06. The molecule has 6 aromatic carbocycles. The first kappa shape index (κ1) is 34.9. The fourth-order valence-electron chi connectivity index (χ4n) is 6.87. The van der Waals surface area contributed by atoms with Gasteiger partial charge in [-0.05, 0) is 28.7 Å². The van der Waals surface area contributed by atoms with E-state index in [2.05, 4.69) is 53.4 Å². The van der Waals surface area contributed by atoms with Crippen LogP contribution in [-0.4, -0.2) is 21.8 Å². The van der Waals surface area contributed by atoms with Crippen LogP contribution < -0.4 is 5.32 Å². The van der Waals surface area contributed by atoms with Crippen LogP contribution >= 0.6 is 11.3 Å². The maximum atomic E-state index is 13.1. The highest BCUT2D eigenvalue weighted by Crippen LogP contribution is 2.43. The molecule has 53 heavy (non-hydrogen) atoms. The summed E-state index contributed by atoms with van der Waals surface area (Å²) >= 11 is 1.30. The molecule has 0 unspecified atom stereocenters. The quantitative estimate of drug-likeness (QED) is 0.0508. The Balaban J connectivity index is 1.36. The second-order valence-corrected chi connectivity index (χ2v) is 13.3. The fourth-order valence-corrected chi connectivity index (χ4v) is 7.62. The van der Waals surface area contributed by atoms with Gasteiger partial charge in [-0.2, -0.15) is 0 Å². The highest BCUT2D eigenvalue weighted by atomic mass is 32.1. The number of carbonyl (C=O) groups is 1. The van der Waals surface area contributed by atoms with E-state index in [1.54, 1.807) is 5.38 Å². The molecular formula is C46H37N3O3S. The molecule has 0 aliphatic heterocycles. The Labute approximate surface area is 313 Å². The number of aliphatic carboxylic acids is 1. The van der Waals surface area contributed by atoms with Gasteiger partial charge in [-0.3, -0.25) is 0 Å². The molecule has 1 heterocycles. The lowest BCUT2D eigenvalue weighted by Crippen LogP contribution is -2.38. The number of hydrogen-bond acceptors (Lipinski definition) is 6. The van der Waals surface area contributed by atoms with Crippen molar-refractivity contribution in [2.45, 2.75) is 17.6 Å². The van der Waals surface area contributed by atoms with Gasteiger partial charge < -0.3 is 15.3 Å². The lowest BCUT2D eigenvalue weighted by atomic mass is 9.77. The summed E-state index contributed by atoms with van der Waals surface area (Å²) in [6.45, 7) is 3.99. The Morgan fingerprint density at radius 1 is 0.679 bits per heavy atom. The number of anilines is 1. The van der Waals surface area contributed by atoms with Crippen molar-refractivity contribution in [2.75, 3.05) is 5.32 Å². The van der Waals surface area contributed by atoms with E-state index in [1.165, 1.54) is 11.3 Å². The van der Waals surface area contributed by atoms with E-state index in [9.17, 15) is 9.90 Å². The van der Waals surface area contributed by atoms with Crippen LogP contribution in [0.2, 0.25) is 0 Å². The number of carboxylic acids is 1. The Hall–Kier alpha value is -6.57. The normalized spacial score (nSPS) is 11.8. The van der Waals surface area contributed by atoms with Crippen molar-refractivity contribution in [3.63, 3.8) is 0 Å². The van der Waals surface area contributed by atoms with Gasteiger partial charge in [0.2, 0.25) is 11.3 Å². The zero-order valence-electron chi connectivity index (χ0n) is 28.9. The monoisotopic (exact) mass is 711 g/mol. The Kier molecular flexibility index (Phi) is 10.4. The highest BCUT2D eigenvalue weighted by Gasteiger charge is 2.42. The van der Waals surface area contributed by atoms with E-state index in [0.29, 0.717) is 11.6 Å². The number of nitrogens with one attached hydrogen (secondary N) is 1. The smallest absolute Gasteiger partial charge is 0.360 e. The Morgan fingerprint density at radius 3 is 1.57 bits per heavy atom. The molecule has 0 aliphatic rings. The number of carboxylic acid groups (broad SMARTS) is 1. The fraction of sp³-hybridized carbons (Fsp3) is 0.0652. The number of thiazole rings is 1. The topological polar surface area (TPSA) is 83.8 Å². The highest BCUT2D eigenvalue weighted by molar-refractivity contribution is 7.14. The average Bonchev–Trinajstić information content (AvgIpc) is 3.68. The van der Waals surface area contributed by atoms with Crippen LogP contribution in [-0.2, 0) is 27.2 Å². The first-order valence-corrected chi connectivity index (χ1v) is 18.1. The van der Waals surface area contributed by atoms with Crippen molar-refractivity contribution < 1.29 is 14.7 Å². The van der Waals surface area contributed by atoms with Gasteiger partial charge in [-0.1, -0.05) is 187 Å². The summed E-state index contributed by atoms with van der Waals surface area (Å²) in [7, 11) is 0. The molecule has 0 saturated heterocycles. The first-order chi connectivity index (χ1) is 26.1. The van der Waals surface area contributed by atoms with E-state index >= 15 is 0 Å². The van der Waals surface area contributed by atoms with Gasteiger partial charge in [0.1, 0.15) is 11.2 Å². The van der Waals surface area contributed by atoms with Crippen LogP contribution in [0.1, 0.15) is 44.6 Å². The second kappa shape index (κ2) is 15.8. The molecule has 6 nitrogen and oxygen atoms in total. The summed E-state index contributed by atoms with van der Waals surface area (Å²) in [4.78, 5) is 24.6. The van der Waals surface area contributed by atoms with Crippen LogP contribution in [0, 0.1) is 0 Å². The third-order valence-corrected chi connectivity index (χ3v) is 10.0. The average molecular weight is 712 g/mol. The molecule has 1 aromatic heterocycles. The zero-order valence-corrected chi connectivity index (χ0v) is 29.7. The number of allylic oxidation sites excluding steroid dienone is 1. The van der Waals surface area contributed by atoms with Gasteiger partial charge in [0.05, 0.1) is 0 Å². The molecule has 0 fully saturated rings. The Bertz CT molecular complexity index is 2170. The minimum absolute atomic E-state index is 0.169. The first-order valence-electron chi connectivity index (χ1n) is 17.3. The van der Waals surface area contributed by atoms with Gasteiger partial charge >= 0.3 is 5.97 Å². The van der Waals surface area contributed by atoms with Crippen LogP contribution in [0.25, 0.3) is 0 Å². The lowest BCUT2D eigenvalue weighted by molar-refractivity contribution is -0.129. The van der Waals surface area contributed by atoms with E-state index in [-0.39, 0.29) is 11.4 Å². The van der Waals surface area contributed by atoms with Crippen molar-refractivity contribution in [1.29, 1.82) is 0 Å². The van der Waals surface area contributed by atoms with Gasteiger partial charge in [0, 0.05) is 22.1 Å². The molecule has 0 atom stereocenters. The summed E-state index contributed by atoms with van der Waals surface area (Å²) in [5.74, 6) is -1.27. The Morgan fingerprint density at radius 2 is 1.11 bits per heavy atom. The summed E-state index contributed by atoms with van der Waals surface area (Å²) in [6, 6.07) is 57.9. The molecule has 260 valence electrons. The van der Waals surface area contributed by atoms with E-state index < -0.39 is 17.1 Å². The molecule has 0 radical (unpaired) electrons. The maximum Gasteiger partial charge on any atom is 0.360 e. The predicted molar refractivity (Wildman–Crippen MR) is 213 cm³/mol. The molecule has 0 aliphatic carbocycles. The second-order valence-electron chi connectivity index (χ2n) is 12.4. The van der Waals surface area contributed by atoms with E-state index in [4.69, 9.17) is 9.82 Å². The van der Waals surface area contributed by atoms with Crippen molar-refractivity contribution in [3.8, 4) is 0 Å². The zero-order chi connectivity index (χ0) is 36.5. The number of hydrogen-bond donors (Lipinski definition) is 2. The number of rotatable bonds is 14. The third kappa shape index (κ3) is 6.90. The third-order valence-electron chi connectivity index (χ3n) is 9.26. The van der Waals surface area contributed by atoms with Gasteiger partial charge in [-0.25, -0.2) is 9.78 Å². The van der Waals surface area contributed by atoms with Crippen molar-refractivity contribution >= 4 is 28.1 Å². The summed E-state index contributed by atoms with van der Waals surface area (Å²) in [5, 5.41) is 21.1. The molecule has 7 aromatic rings. The largest absolute Gasteiger partial charge is 0.476 e. The molecule has 2 N–H and O–H groups in total. The number of nitrogens with zero attached hydrogens (tertiary/aromatic N) is 2. The molecular weight excluding hydrogens is 675 g/mol. The van der Waals surface area contributed by atoms with Crippen LogP contribution in [0.3, 0.4) is 0 Å². The standard InChI is InChI=1S/C46H37N3O3S/c1-2-20-34-21-18-19-32-40(34)46(38-28-14-6-15-29-38,39-30-16-7-17-31-39)52-49-42(43(50)51)41-33-53-44(47-41)48-45(35-22-8-3-9-23-35,36-24-10-4-11-25-36)37-26-12-5-13-27-37/h2-19,21-33H,1,20H2,(H,47,48)(H,50,51). The van der Waals surface area contributed by atoms with Gasteiger partial charge in [0.15, 0.2) is 5.13 Å². The molecule has 0 saturated carbocycles. The van der Waals surface area contributed by atoms with Gasteiger partial charge in [-0.15, -0.1) is 17.9 Å². The van der Waals surface area contributed by atoms with Crippen LogP contribution in [0.4, 0.5) is 5.13 Å². The maximum absolute atomic E-state index is 13.1. The van der Waals surface area contributed by atoms with E-state index in [0.717, 1.165) is 38.9 Å².